The van der Waals surface area contributed by atoms with Crippen molar-refractivity contribution in [3.8, 4) is 0 Å². The minimum atomic E-state index is -0.870. The molecule has 0 bridgehead atoms. The molecule has 0 saturated heterocycles. The van der Waals surface area contributed by atoms with Gasteiger partial charge in [-0.05, 0) is 30.6 Å². The van der Waals surface area contributed by atoms with Crippen LogP contribution in [0.25, 0.3) is 0 Å². The highest BCUT2D eigenvalue weighted by Gasteiger charge is 2.20. The van der Waals surface area contributed by atoms with Gasteiger partial charge in [-0.15, -0.1) is 0 Å². The molecule has 0 saturated carbocycles. The van der Waals surface area contributed by atoms with Gasteiger partial charge in [0.1, 0.15) is 0 Å². The van der Waals surface area contributed by atoms with E-state index >= 15 is 0 Å². The van der Waals surface area contributed by atoms with Gasteiger partial charge in [0.25, 0.3) is 0 Å². The van der Waals surface area contributed by atoms with Crippen LogP contribution in [0.1, 0.15) is 47.0 Å². The van der Waals surface area contributed by atoms with Crippen LogP contribution >= 0.6 is 0 Å². The highest BCUT2D eigenvalue weighted by molar-refractivity contribution is 5.85. The second-order valence-electron chi connectivity index (χ2n) is 5.17. The molecule has 0 radical (unpaired) electrons. The van der Waals surface area contributed by atoms with E-state index in [1.54, 1.807) is 0 Å². The molecule has 0 aromatic heterocycles. The zero-order valence-electron chi connectivity index (χ0n) is 9.76. The number of hydrogen-bond acceptors (Lipinski definition) is 1. The van der Waals surface area contributed by atoms with Crippen molar-refractivity contribution in [1.29, 1.82) is 0 Å². The molecular weight excluding hydrogens is 176 g/mol. The predicted molar refractivity (Wildman–Crippen MR) is 59.2 cm³/mol. The number of rotatable bonds is 6. The monoisotopic (exact) mass is 198 g/mol. The minimum Gasteiger partial charge on any atom is -0.478 e. The summed E-state index contributed by atoms with van der Waals surface area (Å²) < 4.78 is 0. The average Bonchev–Trinajstić information content (AvgIpc) is 1.97. The van der Waals surface area contributed by atoms with Crippen LogP contribution < -0.4 is 0 Å². The molecule has 1 N–H and O–H groups in total. The van der Waals surface area contributed by atoms with Crippen molar-refractivity contribution in [1.82, 2.24) is 0 Å². The van der Waals surface area contributed by atoms with E-state index in [2.05, 4.69) is 34.3 Å². The third-order valence-electron chi connectivity index (χ3n) is 2.37. The quantitative estimate of drug-likeness (QED) is 0.663. The maximum atomic E-state index is 10.5. The lowest BCUT2D eigenvalue weighted by atomic mass is 9.79. The summed E-state index contributed by atoms with van der Waals surface area (Å²) >= 11 is 0. The van der Waals surface area contributed by atoms with Crippen molar-refractivity contribution in [2.45, 2.75) is 47.0 Å². The average molecular weight is 198 g/mol. The first-order valence-electron chi connectivity index (χ1n) is 5.15. The number of carboxylic acid groups (broad SMARTS) is 1. The summed E-state index contributed by atoms with van der Waals surface area (Å²) in [6.45, 7) is 12.3. The van der Waals surface area contributed by atoms with Crippen LogP contribution in [0.3, 0.4) is 0 Å². The zero-order chi connectivity index (χ0) is 11.4. The second-order valence-corrected chi connectivity index (χ2v) is 5.17. The summed E-state index contributed by atoms with van der Waals surface area (Å²) in [5, 5.41) is 8.66. The first kappa shape index (κ1) is 13.2. The van der Waals surface area contributed by atoms with E-state index in [1.165, 1.54) is 0 Å². The van der Waals surface area contributed by atoms with Gasteiger partial charge in [-0.25, -0.2) is 4.79 Å². The van der Waals surface area contributed by atoms with E-state index in [9.17, 15) is 4.79 Å². The largest absolute Gasteiger partial charge is 0.478 e. The Morgan fingerprint density at radius 1 is 1.43 bits per heavy atom. The Labute approximate surface area is 87.0 Å². The molecular formula is C12H22O2. The molecule has 0 heterocycles. The summed E-state index contributed by atoms with van der Waals surface area (Å²) in [6, 6.07) is 0. The fourth-order valence-electron chi connectivity index (χ4n) is 1.80. The summed E-state index contributed by atoms with van der Waals surface area (Å²) in [6.07, 6.45) is 2.62. The van der Waals surface area contributed by atoms with Crippen LogP contribution in [0, 0.1) is 11.3 Å². The molecule has 0 spiro atoms. The van der Waals surface area contributed by atoms with Gasteiger partial charge in [-0.1, -0.05) is 34.3 Å². The van der Waals surface area contributed by atoms with Crippen LogP contribution in [0.5, 0.6) is 0 Å². The molecule has 0 unspecified atom stereocenters. The van der Waals surface area contributed by atoms with Crippen LogP contribution in [-0.2, 0) is 4.79 Å². The second kappa shape index (κ2) is 5.18. The Balaban J connectivity index is 3.98. The van der Waals surface area contributed by atoms with Crippen LogP contribution in [0.4, 0.5) is 0 Å². The van der Waals surface area contributed by atoms with Crippen LogP contribution in [0.2, 0.25) is 0 Å². The fraction of sp³-hybridized carbons (Fsp3) is 0.750. The Kier molecular flexibility index (Phi) is 4.89. The minimum absolute atomic E-state index is 0.215. The number of aliphatic carboxylic acids is 1. The molecule has 2 heteroatoms. The van der Waals surface area contributed by atoms with E-state index in [0.29, 0.717) is 17.9 Å². The van der Waals surface area contributed by atoms with Crippen molar-refractivity contribution < 1.29 is 9.90 Å². The molecule has 0 aliphatic heterocycles. The van der Waals surface area contributed by atoms with Crippen molar-refractivity contribution in [2.75, 3.05) is 0 Å². The maximum absolute atomic E-state index is 10.5. The maximum Gasteiger partial charge on any atom is 0.330 e. The summed E-state index contributed by atoms with van der Waals surface area (Å²) in [5.74, 6) is -0.214. The van der Waals surface area contributed by atoms with Crippen molar-refractivity contribution in [2.24, 2.45) is 11.3 Å². The van der Waals surface area contributed by atoms with Gasteiger partial charge in [0.2, 0.25) is 0 Å². The highest BCUT2D eigenvalue weighted by atomic mass is 16.4. The SMILES string of the molecule is C=C(CCC(C)(C)CC(C)C)C(=O)O. The third kappa shape index (κ3) is 5.79. The third-order valence-corrected chi connectivity index (χ3v) is 2.37. The van der Waals surface area contributed by atoms with Crippen LogP contribution in [-0.4, -0.2) is 11.1 Å². The van der Waals surface area contributed by atoms with Gasteiger partial charge in [-0.2, -0.15) is 0 Å². The lowest BCUT2D eigenvalue weighted by Crippen LogP contribution is -2.15. The van der Waals surface area contributed by atoms with Crippen LogP contribution in [0.15, 0.2) is 12.2 Å². The van der Waals surface area contributed by atoms with E-state index in [-0.39, 0.29) is 5.41 Å². The molecule has 2 nitrogen and oxygen atoms in total. The molecule has 0 fully saturated rings. The van der Waals surface area contributed by atoms with Gasteiger partial charge < -0.3 is 5.11 Å². The Morgan fingerprint density at radius 2 is 1.93 bits per heavy atom. The molecule has 0 aromatic rings. The first-order chi connectivity index (χ1) is 6.24. The lowest BCUT2D eigenvalue weighted by molar-refractivity contribution is -0.132. The van der Waals surface area contributed by atoms with Crippen molar-refractivity contribution >= 4 is 5.97 Å². The van der Waals surface area contributed by atoms with Gasteiger partial charge in [0.05, 0.1) is 0 Å². The highest BCUT2D eigenvalue weighted by Crippen LogP contribution is 2.31. The van der Waals surface area contributed by atoms with Crippen molar-refractivity contribution in [3.05, 3.63) is 12.2 Å². The number of hydrogen-bond donors (Lipinski definition) is 1. The number of carboxylic acids is 1. The fourth-order valence-corrected chi connectivity index (χ4v) is 1.80. The van der Waals surface area contributed by atoms with Gasteiger partial charge in [0, 0.05) is 5.57 Å². The molecule has 14 heavy (non-hydrogen) atoms. The topological polar surface area (TPSA) is 37.3 Å². The molecule has 0 amide bonds. The molecule has 0 aliphatic rings. The standard InChI is InChI=1S/C12H22O2/c1-9(2)8-12(4,5)7-6-10(3)11(13)14/h9H,3,6-8H2,1-2,4-5H3,(H,13,14). The Morgan fingerprint density at radius 3 is 2.29 bits per heavy atom. The molecule has 82 valence electrons. The zero-order valence-corrected chi connectivity index (χ0v) is 9.76. The summed E-state index contributed by atoms with van der Waals surface area (Å²) in [4.78, 5) is 10.5. The first-order valence-corrected chi connectivity index (χ1v) is 5.15. The van der Waals surface area contributed by atoms with E-state index in [4.69, 9.17) is 5.11 Å². The van der Waals surface area contributed by atoms with Gasteiger partial charge in [-0.3, -0.25) is 0 Å². The summed E-state index contributed by atoms with van der Waals surface area (Å²) in [7, 11) is 0. The van der Waals surface area contributed by atoms with E-state index in [0.717, 1.165) is 12.8 Å². The molecule has 0 aromatic carbocycles. The Bertz CT molecular complexity index is 214. The lowest BCUT2D eigenvalue weighted by Gasteiger charge is -2.26. The predicted octanol–water partition coefficient (Wildman–Crippen LogP) is 3.48. The molecule has 0 aliphatic carbocycles. The Hall–Kier alpha value is -0.790. The van der Waals surface area contributed by atoms with Gasteiger partial charge >= 0.3 is 5.97 Å². The van der Waals surface area contributed by atoms with E-state index in [1.807, 2.05) is 0 Å². The van der Waals surface area contributed by atoms with Gasteiger partial charge in [0.15, 0.2) is 0 Å². The van der Waals surface area contributed by atoms with E-state index < -0.39 is 5.97 Å². The molecule has 0 rings (SSSR count). The molecule has 0 atom stereocenters. The summed E-state index contributed by atoms with van der Waals surface area (Å²) in [5.41, 5.74) is 0.536. The van der Waals surface area contributed by atoms with Crippen molar-refractivity contribution in [3.63, 3.8) is 0 Å². The number of carbonyl (C=O) groups is 1. The normalized spacial score (nSPS) is 11.8. The smallest absolute Gasteiger partial charge is 0.330 e.